The minimum Gasteiger partial charge on any atom is -0.383 e. The molecule has 0 saturated heterocycles. The van der Waals surface area contributed by atoms with Crippen LogP contribution in [0.1, 0.15) is 5.56 Å². The van der Waals surface area contributed by atoms with Gasteiger partial charge in [-0.15, -0.1) is 0 Å². The molecule has 0 saturated carbocycles. The van der Waals surface area contributed by atoms with Gasteiger partial charge in [-0.25, -0.2) is 9.97 Å². The molecule has 0 spiro atoms. The van der Waals surface area contributed by atoms with E-state index in [1.165, 1.54) is 10.8 Å². The monoisotopic (exact) mass is 292 g/mol. The van der Waals surface area contributed by atoms with Crippen LogP contribution < -0.4 is 16.6 Å². The summed E-state index contributed by atoms with van der Waals surface area (Å²) in [5.74, 6) is 1.18. The highest BCUT2D eigenvalue weighted by Crippen LogP contribution is 2.21. The van der Waals surface area contributed by atoms with Crippen molar-refractivity contribution in [3.8, 4) is 6.07 Å². The summed E-state index contributed by atoms with van der Waals surface area (Å²) in [5.41, 5.74) is 6.18. The summed E-state index contributed by atoms with van der Waals surface area (Å²) in [6.45, 7) is 0. The van der Waals surface area contributed by atoms with Crippen LogP contribution in [0.15, 0.2) is 41.5 Å². The van der Waals surface area contributed by atoms with E-state index in [4.69, 9.17) is 11.0 Å². The first-order valence-electron chi connectivity index (χ1n) is 6.47. The maximum Gasteiger partial charge on any atom is 0.261 e. The van der Waals surface area contributed by atoms with Crippen LogP contribution in [-0.4, -0.2) is 14.5 Å². The van der Waals surface area contributed by atoms with Crippen molar-refractivity contribution >= 4 is 28.2 Å². The van der Waals surface area contributed by atoms with Gasteiger partial charge in [-0.3, -0.25) is 4.79 Å². The topological polar surface area (TPSA) is 110 Å². The lowest BCUT2D eigenvalue weighted by Gasteiger charge is -2.08. The summed E-state index contributed by atoms with van der Waals surface area (Å²) in [6, 6.07) is 8.85. The largest absolute Gasteiger partial charge is 0.383 e. The molecule has 0 fully saturated rings. The minimum absolute atomic E-state index is 0.162. The molecule has 0 aliphatic carbocycles. The highest BCUT2D eigenvalue weighted by molar-refractivity contribution is 5.92. The van der Waals surface area contributed by atoms with Crippen molar-refractivity contribution in [2.75, 3.05) is 11.1 Å². The van der Waals surface area contributed by atoms with Gasteiger partial charge in [0.25, 0.3) is 5.56 Å². The Bertz CT molecular complexity index is 953. The van der Waals surface area contributed by atoms with Crippen LogP contribution in [0, 0.1) is 11.3 Å². The number of fused-ring (bicyclic) bond motifs is 1. The number of nitrogens with one attached hydrogen (secondary N) is 1. The maximum atomic E-state index is 12.1. The van der Waals surface area contributed by atoms with Crippen molar-refractivity contribution < 1.29 is 0 Å². The molecule has 0 radical (unpaired) electrons. The summed E-state index contributed by atoms with van der Waals surface area (Å²) in [6.07, 6.45) is 3.14. The second kappa shape index (κ2) is 5.18. The van der Waals surface area contributed by atoms with Crippen molar-refractivity contribution in [3.63, 3.8) is 0 Å². The van der Waals surface area contributed by atoms with E-state index in [1.807, 2.05) is 6.07 Å². The fourth-order valence-electron chi connectivity index (χ4n) is 2.12. The van der Waals surface area contributed by atoms with Gasteiger partial charge in [0.1, 0.15) is 23.5 Å². The number of hydrogen-bond donors (Lipinski definition) is 2. The van der Waals surface area contributed by atoms with E-state index in [0.717, 1.165) is 0 Å². The van der Waals surface area contributed by atoms with Gasteiger partial charge in [0.15, 0.2) is 0 Å². The molecule has 0 aliphatic heterocycles. The molecule has 3 N–H and O–H groups in total. The molecule has 0 unspecified atom stereocenters. The van der Waals surface area contributed by atoms with Crippen LogP contribution >= 0.6 is 0 Å². The van der Waals surface area contributed by atoms with E-state index in [-0.39, 0.29) is 11.4 Å². The Kier molecular flexibility index (Phi) is 3.20. The van der Waals surface area contributed by atoms with Gasteiger partial charge in [-0.05, 0) is 29.7 Å². The Hall–Kier alpha value is -3.40. The fourth-order valence-corrected chi connectivity index (χ4v) is 2.12. The number of aryl methyl sites for hydroxylation is 1. The van der Waals surface area contributed by atoms with Gasteiger partial charge in [0.2, 0.25) is 0 Å². The number of hydrogen-bond acceptors (Lipinski definition) is 6. The molecule has 0 aromatic carbocycles. The highest BCUT2D eigenvalue weighted by Gasteiger charge is 2.08. The van der Waals surface area contributed by atoms with Crippen LogP contribution in [0.4, 0.5) is 17.5 Å². The van der Waals surface area contributed by atoms with Crippen molar-refractivity contribution in [1.82, 2.24) is 14.5 Å². The first-order valence-corrected chi connectivity index (χ1v) is 6.47. The molecule has 3 aromatic heterocycles. The van der Waals surface area contributed by atoms with E-state index >= 15 is 0 Å². The molecule has 7 nitrogen and oxygen atoms in total. The number of aromatic nitrogens is 3. The second-order valence-corrected chi connectivity index (χ2v) is 4.76. The van der Waals surface area contributed by atoms with E-state index in [9.17, 15) is 4.79 Å². The number of nitriles is 1. The van der Waals surface area contributed by atoms with E-state index in [1.54, 1.807) is 37.5 Å². The lowest BCUT2D eigenvalue weighted by Crippen LogP contribution is -2.17. The Morgan fingerprint density at radius 1 is 1.32 bits per heavy atom. The molecule has 22 heavy (non-hydrogen) atoms. The van der Waals surface area contributed by atoms with Crippen molar-refractivity contribution in [3.05, 3.63) is 52.6 Å². The lowest BCUT2D eigenvalue weighted by molar-refractivity contribution is 0.873. The van der Waals surface area contributed by atoms with Crippen LogP contribution in [0.3, 0.4) is 0 Å². The molecular weight excluding hydrogens is 280 g/mol. The molecule has 3 aromatic rings. The van der Waals surface area contributed by atoms with Crippen molar-refractivity contribution in [2.45, 2.75) is 0 Å². The van der Waals surface area contributed by atoms with Gasteiger partial charge in [0.05, 0.1) is 10.9 Å². The van der Waals surface area contributed by atoms with Gasteiger partial charge in [0, 0.05) is 19.4 Å². The van der Waals surface area contributed by atoms with Crippen LogP contribution in [0.25, 0.3) is 10.8 Å². The summed E-state index contributed by atoms with van der Waals surface area (Å²) in [4.78, 5) is 20.4. The minimum atomic E-state index is -0.189. The zero-order valence-electron chi connectivity index (χ0n) is 11.7. The Morgan fingerprint density at radius 3 is 2.82 bits per heavy atom. The SMILES string of the molecule is Cn1ccc2cc(Nc3ccc(C#N)cn3)nc(N)c2c1=O. The van der Waals surface area contributed by atoms with Crippen molar-refractivity contribution in [2.24, 2.45) is 7.05 Å². The molecular formula is C15H12N6O. The molecule has 3 heterocycles. The smallest absolute Gasteiger partial charge is 0.261 e. The third-order valence-corrected chi connectivity index (χ3v) is 3.24. The zero-order chi connectivity index (χ0) is 15.7. The Morgan fingerprint density at radius 2 is 2.14 bits per heavy atom. The van der Waals surface area contributed by atoms with Crippen molar-refractivity contribution in [1.29, 1.82) is 5.26 Å². The molecule has 0 amide bonds. The summed E-state index contributed by atoms with van der Waals surface area (Å²) in [5, 5.41) is 12.8. The first kappa shape index (κ1) is 13.6. The van der Waals surface area contributed by atoms with Crippen LogP contribution in [0.2, 0.25) is 0 Å². The van der Waals surface area contributed by atoms with Crippen LogP contribution in [0.5, 0.6) is 0 Å². The zero-order valence-corrected chi connectivity index (χ0v) is 11.7. The third kappa shape index (κ3) is 2.33. The summed E-state index contributed by atoms with van der Waals surface area (Å²) >= 11 is 0. The Balaban J connectivity index is 2.03. The Labute approximate surface area is 125 Å². The third-order valence-electron chi connectivity index (χ3n) is 3.24. The van der Waals surface area contributed by atoms with E-state index in [0.29, 0.717) is 28.0 Å². The predicted molar refractivity (Wildman–Crippen MR) is 83.6 cm³/mol. The lowest BCUT2D eigenvalue weighted by atomic mass is 10.2. The van der Waals surface area contributed by atoms with Gasteiger partial charge in [-0.1, -0.05) is 0 Å². The van der Waals surface area contributed by atoms with Gasteiger partial charge < -0.3 is 15.6 Å². The number of nitrogen functional groups attached to an aromatic ring is 1. The number of nitrogens with two attached hydrogens (primary N) is 1. The highest BCUT2D eigenvalue weighted by atomic mass is 16.1. The van der Waals surface area contributed by atoms with E-state index in [2.05, 4.69) is 15.3 Å². The standard InChI is InChI=1S/C15H12N6O/c1-21-5-4-10-6-12(20-14(17)13(10)15(21)22)19-11-3-2-9(7-16)8-18-11/h2-6,8H,1H3,(H3,17,18,19,20). The normalized spacial score (nSPS) is 10.4. The molecule has 0 bridgehead atoms. The molecule has 108 valence electrons. The quantitative estimate of drug-likeness (QED) is 0.741. The second-order valence-electron chi connectivity index (χ2n) is 4.76. The average Bonchev–Trinajstić information content (AvgIpc) is 2.51. The van der Waals surface area contributed by atoms with Gasteiger partial charge >= 0.3 is 0 Å². The van der Waals surface area contributed by atoms with E-state index < -0.39 is 0 Å². The van der Waals surface area contributed by atoms with Gasteiger partial charge in [-0.2, -0.15) is 5.26 Å². The molecule has 0 atom stereocenters. The number of anilines is 3. The maximum absolute atomic E-state index is 12.1. The van der Waals surface area contributed by atoms with Crippen LogP contribution in [-0.2, 0) is 7.05 Å². The average molecular weight is 292 g/mol. The summed E-state index contributed by atoms with van der Waals surface area (Å²) < 4.78 is 1.45. The first-order chi connectivity index (χ1) is 10.6. The molecule has 0 aliphatic rings. The predicted octanol–water partition coefficient (Wildman–Crippen LogP) is 1.53. The number of rotatable bonds is 2. The number of pyridine rings is 3. The molecule has 3 rings (SSSR count). The molecule has 7 heteroatoms. The fraction of sp³-hybridized carbons (Fsp3) is 0.0667. The number of nitrogens with zero attached hydrogens (tertiary/aromatic N) is 4. The summed E-state index contributed by atoms with van der Waals surface area (Å²) in [7, 11) is 1.66.